The van der Waals surface area contributed by atoms with E-state index in [1.54, 1.807) is 6.07 Å². The van der Waals surface area contributed by atoms with E-state index in [-0.39, 0.29) is 5.88 Å². The van der Waals surface area contributed by atoms with Gasteiger partial charge in [0.15, 0.2) is 6.10 Å². The van der Waals surface area contributed by atoms with Gasteiger partial charge in [0.2, 0.25) is 5.88 Å². The van der Waals surface area contributed by atoms with Gasteiger partial charge in [0.25, 0.3) is 0 Å². The summed E-state index contributed by atoms with van der Waals surface area (Å²) in [6.45, 7) is 1.22. The summed E-state index contributed by atoms with van der Waals surface area (Å²) >= 11 is 0. The molecule has 0 aliphatic heterocycles. The van der Waals surface area contributed by atoms with Crippen LogP contribution >= 0.6 is 0 Å². The molecular formula is C9H11F3N2O. The van der Waals surface area contributed by atoms with Crippen LogP contribution in [0.3, 0.4) is 0 Å². The summed E-state index contributed by atoms with van der Waals surface area (Å²) in [4.78, 5) is 3.70. The fraction of sp³-hybridized carbons (Fsp3) is 0.444. The lowest BCUT2D eigenvalue weighted by Gasteiger charge is -2.16. The van der Waals surface area contributed by atoms with E-state index in [9.17, 15) is 13.2 Å². The van der Waals surface area contributed by atoms with Crippen LogP contribution in [-0.2, 0) is 6.54 Å². The Morgan fingerprint density at radius 2 is 2.13 bits per heavy atom. The van der Waals surface area contributed by atoms with Crippen molar-refractivity contribution in [2.24, 2.45) is 5.73 Å². The quantitative estimate of drug-likeness (QED) is 0.845. The SMILES string of the molecule is C[C@@H](Oc1ccc(CN)cn1)C(F)(F)F. The minimum atomic E-state index is -4.38. The fourth-order valence-corrected chi connectivity index (χ4v) is 0.849. The summed E-state index contributed by atoms with van der Waals surface area (Å²) in [5.41, 5.74) is 6.05. The largest absolute Gasteiger partial charge is 0.465 e. The first-order valence-electron chi connectivity index (χ1n) is 4.32. The van der Waals surface area contributed by atoms with Gasteiger partial charge in [0, 0.05) is 18.8 Å². The maximum atomic E-state index is 12.1. The van der Waals surface area contributed by atoms with Crippen LogP contribution in [0.15, 0.2) is 18.3 Å². The molecule has 1 aromatic rings. The van der Waals surface area contributed by atoms with Crippen molar-refractivity contribution in [3.8, 4) is 5.88 Å². The summed E-state index contributed by atoms with van der Waals surface area (Å²) in [5, 5.41) is 0. The third-order valence-electron chi connectivity index (χ3n) is 1.79. The molecule has 1 heterocycles. The fourth-order valence-electron chi connectivity index (χ4n) is 0.849. The normalized spacial score (nSPS) is 13.7. The van der Waals surface area contributed by atoms with Crippen LogP contribution in [-0.4, -0.2) is 17.3 Å². The van der Waals surface area contributed by atoms with Crippen molar-refractivity contribution in [3.05, 3.63) is 23.9 Å². The molecule has 0 spiro atoms. The van der Waals surface area contributed by atoms with Gasteiger partial charge < -0.3 is 10.5 Å². The van der Waals surface area contributed by atoms with Crippen LogP contribution in [0.2, 0.25) is 0 Å². The molecule has 0 aromatic carbocycles. The minimum absolute atomic E-state index is 0.0583. The summed E-state index contributed by atoms with van der Waals surface area (Å²) < 4.78 is 40.9. The molecule has 0 aliphatic rings. The zero-order valence-corrected chi connectivity index (χ0v) is 8.08. The third kappa shape index (κ3) is 3.39. The molecule has 1 aromatic heterocycles. The van der Waals surface area contributed by atoms with Gasteiger partial charge >= 0.3 is 6.18 Å². The maximum Gasteiger partial charge on any atom is 0.425 e. The van der Waals surface area contributed by atoms with E-state index in [0.29, 0.717) is 6.54 Å². The predicted molar refractivity (Wildman–Crippen MR) is 48.3 cm³/mol. The van der Waals surface area contributed by atoms with Gasteiger partial charge in [-0.05, 0) is 12.5 Å². The van der Waals surface area contributed by atoms with Crippen LogP contribution in [0.25, 0.3) is 0 Å². The highest BCUT2D eigenvalue weighted by atomic mass is 19.4. The second-order valence-corrected chi connectivity index (χ2v) is 3.01. The first-order chi connectivity index (χ1) is 6.93. The van der Waals surface area contributed by atoms with Crippen LogP contribution in [0.4, 0.5) is 13.2 Å². The zero-order valence-electron chi connectivity index (χ0n) is 8.08. The third-order valence-corrected chi connectivity index (χ3v) is 1.79. The molecule has 0 amide bonds. The molecule has 0 fully saturated rings. The van der Waals surface area contributed by atoms with Gasteiger partial charge in [-0.2, -0.15) is 13.2 Å². The maximum absolute atomic E-state index is 12.1. The standard InChI is InChI=1S/C9H11F3N2O/c1-6(9(10,11)12)15-8-3-2-7(4-13)5-14-8/h2-3,5-6H,4,13H2,1H3/t6-/m1/s1. The van der Waals surface area contributed by atoms with Gasteiger partial charge in [-0.15, -0.1) is 0 Å². The number of hydrogen-bond donors (Lipinski definition) is 1. The molecular weight excluding hydrogens is 209 g/mol. The van der Waals surface area contributed by atoms with E-state index in [2.05, 4.69) is 9.72 Å². The minimum Gasteiger partial charge on any atom is -0.465 e. The molecule has 1 rings (SSSR count). The highest BCUT2D eigenvalue weighted by molar-refractivity contribution is 5.17. The highest BCUT2D eigenvalue weighted by Crippen LogP contribution is 2.23. The average Bonchev–Trinajstić information content (AvgIpc) is 2.17. The van der Waals surface area contributed by atoms with Crippen molar-refractivity contribution in [1.82, 2.24) is 4.98 Å². The number of aromatic nitrogens is 1. The molecule has 1 atom stereocenters. The molecule has 0 unspecified atom stereocenters. The van der Waals surface area contributed by atoms with Gasteiger partial charge in [-0.3, -0.25) is 0 Å². The van der Waals surface area contributed by atoms with Gasteiger partial charge in [0.05, 0.1) is 0 Å². The summed E-state index contributed by atoms with van der Waals surface area (Å²) in [7, 11) is 0. The number of rotatable bonds is 3. The Hall–Kier alpha value is -1.30. The lowest BCUT2D eigenvalue weighted by atomic mass is 10.3. The lowest BCUT2D eigenvalue weighted by molar-refractivity contribution is -0.189. The Labute approximate surface area is 85.1 Å². The number of nitrogens with two attached hydrogens (primary N) is 1. The van der Waals surface area contributed by atoms with E-state index in [1.165, 1.54) is 12.3 Å². The Morgan fingerprint density at radius 1 is 1.47 bits per heavy atom. The Balaban J connectivity index is 2.65. The summed E-state index contributed by atoms with van der Waals surface area (Å²) in [6, 6.07) is 2.94. The first-order valence-corrected chi connectivity index (χ1v) is 4.32. The molecule has 6 heteroatoms. The van der Waals surface area contributed by atoms with E-state index in [0.717, 1.165) is 12.5 Å². The zero-order chi connectivity index (χ0) is 11.5. The molecule has 0 saturated carbocycles. The number of halogens is 3. The highest BCUT2D eigenvalue weighted by Gasteiger charge is 2.38. The van der Waals surface area contributed by atoms with E-state index < -0.39 is 12.3 Å². The van der Waals surface area contributed by atoms with Crippen molar-refractivity contribution in [2.75, 3.05) is 0 Å². The molecule has 2 N–H and O–H groups in total. The van der Waals surface area contributed by atoms with Gasteiger partial charge in [0.1, 0.15) is 0 Å². The molecule has 0 bridgehead atoms. The van der Waals surface area contributed by atoms with Crippen molar-refractivity contribution < 1.29 is 17.9 Å². The molecule has 3 nitrogen and oxygen atoms in total. The Kier molecular flexibility index (Phi) is 3.52. The number of nitrogens with zero attached hydrogens (tertiary/aromatic N) is 1. The second-order valence-electron chi connectivity index (χ2n) is 3.01. The van der Waals surface area contributed by atoms with Crippen molar-refractivity contribution >= 4 is 0 Å². The molecule has 84 valence electrons. The number of ether oxygens (including phenoxy) is 1. The summed E-state index contributed by atoms with van der Waals surface area (Å²) in [5.74, 6) is -0.0583. The second kappa shape index (κ2) is 4.48. The van der Waals surface area contributed by atoms with Crippen molar-refractivity contribution in [2.45, 2.75) is 25.7 Å². The molecule has 0 aliphatic carbocycles. The van der Waals surface area contributed by atoms with Crippen LogP contribution in [0.1, 0.15) is 12.5 Å². The average molecular weight is 220 g/mol. The van der Waals surface area contributed by atoms with Crippen LogP contribution in [0, 0.1) is 0 Å². The predicted octanol–water partition coefficient (Wildman–Crippen LogP) is 1.87. The van der Waals surface area contributed by atoms with Gasteiger partial charge in [-0.25, -0.2) is 4.98 Å². The lowest BCUT2D eigenvalue weighted by Crippen LogP contribution is -2.31. The van der Waals surface area contributed by atoms with Gasteiger partial charge in [-0.1, -0.05) is 6.07 Å². The molecule has 0 radical (unpaired) electrons. The van der Waals surface area contributed by atoms with Crippen LogP contribution in [0.5, 0.6) is 5.88 Å². The van der Waals surface area contributed by atoms with Crippen LogP contribution < -0.4 is 10.5 Å². The smallest absolute Gasteiger partial charge is 0.425 e. The number of pyridine rings is 1. The molecule has 0 saturated heterocycles. The number of alkyl halides is 3. The molecule has 15 heavy (non-hydrogen) atoms. The monoisotopic (exact) mass is 220 g/mol. The van der Waals surface area contributed by atoms with E-state index in [4.69, 9.17) is 5.73 Å². The summed E-state index contributed by atoms with van der Waals surface area (Å²) in [6.07, 6.45) is -4.86. The topological polar surface area (TPSA) is 48.1 Å². The Morgan fingerprint density at radius 3 is 2.53 bits per heavy atom. The van der Waals surface area contributed by atoms with E-state index in [1.807, 2.05) is 0 Å². The van der Waals surface area contributed by atoms with Crippen molar-refractivity contribution in [3.63, 3.8) is 0 Å². The first kappa shape index (κ1) is 11.8. The Bertz CT molecular complexity index is 310. The van der Waals surface area contributed by atoms with Crippen molar-refractivity contribution in [1.29, 1.82) is 0 Å². The van der Waals surface area contributed by atoms with E-state index >= 15 is 0 Å². The number of hydrogen-bond acceptors (Lipinski definition) is 3.